The Morgan fingerprint density at radius 1 is 1.19 bits per heavy atom. The molecule has 26 heavy (non-hydrogen) atoms. The molecule has 0 aromatic heterocycles. The van der Waals surface area contributed by atoms with Crippen molar-refractivity contribution in [1.29, 1.82) is 0 Å². The zero-order valence-electron chi connectivity index (χ0n) is 14.0. The Labute approximate surface area is 156 Å². The lowest BCUT2D eigenvalue weighted by Gasteiger charge is -2.10. The van der Waals surface area contributed by atoms with Crippen molar-refractivity contribution in [2.75, 3.05) is 25.0 Å². The third-order valence-corrected chi connectivity index (χ3v) is 5.08. The Hall–Kier alpha value is -2.16. The number of nitrogens with one attached hydrogen (secondary N) is 2. The first-order valence-electron chi connectivity index (χ1n) is 7.68. The molecular weight excluding hydrogens is 383 g/mol. The molecule has 140 valence electrons. The van der Waals surface area contributed by atoms with E-state index in [1.165, 1.54) is 24.3 Å². The molecule has 2 N–H and O–H groups in total. The van der Waals surface area contributed by atoms with Crippen LogP contribution in [0.5, 0.6) is 0 Å². The van der Waals surface area contributed by atoms with Gasteiger partial charge < -0.3 is 10.1 Å². The van der Waals surface area contributed by atoms with E-state index in [0.717, 1.165) is 18.2 Å². The predicted octanol–water partition coefficient (Wildman–Crippen LogP) is 3.05. The molecule has 0 aliphatic rings. The molecule has 0 saturated carbocycles. The van der Waals surface area contributed by atoms with E-state index in [-0.39, 0.29) is 21.5 Å². The third kappa shape index (κ3) is 5.42. The van der Waals surface area contributed by atoms with Crippen molar-refractivity contribution in [3.63, 3.8) is 0 Å². The van der Waals surface area contributed by atoms with E-state index in [1.807, 2.05) is 0 Å². The van der Waals surface area contributed by atoms with Gasteiger partial charge in [-0.3, -0.25) is 9.52 Å². The summed E-state index contributed by atoms with van der Waals surface area (Å²) in [7, 11) is -2.34. The van der Waals surface area contributed by atoms with E-state index in [0.29, 0.717) is 25.1 Å². The Morgan fingerprint density at radius 3 is 2.50 bits per heavy atom. The first-order valence-corrected chi connectivity index (χ1v) is 9.54. The molecule has 6 nitrogen and oxygen atoms in total. The summed E-state index contributed by atoms with van der Waals surface area (Å²) in [6.45, 7) is 1.03. The van der Waals surface area contributed by atoms with Crippen LogP contribution >= 0.6 is 11.6 Å². The molecule has 0 fully saturated rings. The first kappa shape index (κ1) is 20.2. The van der Waals surface area contributed by atoms with Gasteiger partial charge in [0.2, 0.25) is 0 Å². The highest BCUT2D eigenvalue weighted by molar-refractivity contribution is 7.92. The molecule has 0 saturated heterocycles. The molecule has 0 spiro atoms. The monoisotopic (exact) mass is 400 g/mol. The highest BCUT2D eigenvalue weighted by Gasteiger charge is 2.16. The molecule has 0 heterocycles. The maximum absolute atomic E-state index is 13.2. The standard InChI is InChI=1S/C17H18ClFN2O4S/c1-25-10-2-9-20-17(22)12-3-5-13(6-4-12)21-26(23,24)14-7-8-16(19)15(18)11-14/h3-8,11,21H,2,9-10H2,1H3,(H,20,22). The van der Waals surface area contributed by atoms with Gasteiger partial charge in [0.1, 0.15) is 5.82 Å². The summed E-state index contributed by atoms with van der Waals surface area (Å²) in [5.41, 5.74) is 0.663. The molecule has 0 radical (unpaired) electrons. The lowest BCUT2D eigenvalue weighted by atomic mass is 10.2. The number of rotatable bonds is 8. The van der Waals surface area contributed by atoms with Gasteiger partial charge in [-0.15, -0.1) is 0 Å². The van der Waals surface area contributed by atoms with Gasteiger partial charge >= 0.3 is 0 Å². The number of hydrogen-bond acceptors (Lipinski definition) is 4. The molecule has 0 bridgehead atoms. The van der Waals surface area contributed by atoms with E-state index < -0.39 is 15.8 Å². The second-order valence-corrected chi connectivity index (χ2v) is 7.45. The quantitative estimate of drug-likeness (QED) is 0.667. The number of halogens is 2. The van der Waals surface area contributed by atoms with Crippen LogP contribution in [0.3, 0.4) is 0 Å². The summed E-state index contributed by atoms with van der Waals surface area (Å²) in [5.74, 6) is -0.965. The number of anilines is 1. The van der Waals surface area contributed by atoms with Crippen LogP contribution in [0, 0.1) is 5.82 Å². The first-order chi connectivity index (χ1) is 12.3. The second kappa shape index (κ2) is 8.98. The topological polar surface area (TPSA) is 84.5 Å². The number of methoxy groups -OCH3 is 1. The van der Waals surface area contributed by atoms with Crippen LogP contribution < -0.4 is 10.0 Å². The third-order valence-electron chi connectivity index (χ3n) is 3.41. The molecule has 1 amide bonds. The number of sulfonamides is 1. The van der Waals surface area contributed by atoms with Crippen molar-refractivity contribution in [2.24, 2.45) is 0 Å². The highest BCUT2D eigenvalue weighted by atomic mass is 35.5. The van der Waals surface area contributed by atoms with Gasteiger partial charge in [-0.2, -0.15) is 0 Å². The average Bonchev–Trinajstić information content (AvgIpc) is 2.61. The maximum Gasteiger partial charge on any atom is 0.261 e. The Bertz CT molecular complexity index is 873. The molecule has 0 atom stereocenters. The summed E-state index contributed by atoms with van der Waals surface area (Å²) < 4.78 is 45.0. The summed E-state index contributed by atoms with van der Waals surface area (Å²) in [4.78, 5) is 11.8. The molecule has 2 aromatic rings. The molecule has 9 heteroatoms. The lowest BCUT2D eigenvalue weighted by Crippen LogP contribution is -2.25. The van der Waals surface area contributed by atoms with Crippen molar-refractivity contribution in [3.8, 4) is 0 Å². The van der Waals surface area contributed by atoms with Gasteiger partial charge in [0.05, 0.1) is 9.92 Å². The number of carbonyl (C=O) groups is 1. The zero-order valence-corrected chi connectivity index (χ0v) is 15.5. The zero-order chi connectivity index (χ0) is 19.2. The average molecular weight is 401 g/mol. The Balaban J connectivity index is 2.03. The smallest absolute Gasteiger partial charge is 0.261 e. The van der Waals surface area contributed by atoms with Crippen molar-refractivity contribution in [2.45, 2.75) is 11.3 Å². The van der Waals surface area contributed by atoms with Crippen LogP contribution in [-0.4, -0.2) is 34.6 Å². The predicted molar refractivity (Wildman–Crippen MR) is 97.5 cm³/mol. The molecular formula is C17H18ClFN2O4S. The maximum atomic E-state index is 13.2. The van der Waals surface area contributed by atoms with Crippen molar-refractivity contribution in [3.05, 3.63) is 58.9 Å². The van der Waals surface area contributed by atoms with Gasteiger partial charge in [0.25, 0.3) is 15.9 Å². The van der Waals surface area contributed by atoms with Crippen LogP contribution in [-0.2, 0) is 14.8 Å². The van der Waals surface area contributed by atoms with E-state index in [9.17, 15) is 17.6 Å². The minimum absolute atomic E-state index is 0.163. The van der Waals surface area contributed by atoms with E-state index >= 15 is 0 Å². The van der Waals surface area contributed by atoms with Gasteiger partial charge in [0.15, 0.2) is 0 Å². The lowest BCUT2D eigenvalue weighted by molar-refractivity contribution is 0.0948. The van der Waals surface area contributed by atoms with Crippen LogP contribution in [0.4, 0.5) is 10.1 Å². The fourth-order valence-corrected chi connectivity index (χ4v) is 3.40. The second-order valence-electron chi connectivity index (χ2n) is 5.36. The summed E-state index contributed by atoms with van der Waals surface area (Å²) in [6.07, 6.45) is 0.695. The minimum atomic E-state index is -3.92. The van der Waals surface area contributed by atoms with Crippen molar-refractivity contribution >= 4 is 33.2 Å². The van der Waals surface area contributed by atoms with Crippen LogP contribution in [0.2, 0.25) is 5.02 Å². The van der Waals surface area contributed by atoms with Crippen molar-refractivity contribution < 1.29 is 22.3 Å². The molecule has 2 rings (SSSR count). The fourth-order valence-electron chi connectivity index (χ4n) is 2.07. The number of amides is 1. The normalized spacial score (nSPS) is 11.2. The van der Waals surface area contributed by atoms with Crippen molar-refractivity contribution in [1.82, 2.24) is 5.32 Å². The largest absolute Gasteiger partial charge is 0.385 e. The van der Waals surface area contributed by atoms with Gasteiger partial charge in [0, 0.05) is 31.5 Å². The number of hydrogen-bond donors (Lipinski definition) is 2. The molecule has 0 aliphatic heterocycles. The van der Waals surface area contributed by atoms with Gasteiger partial charge in [-0.1, -0.05) is 11.6 Å². The fraction of sp³-hybridized carbons (Fsp3) is 0.235. The van der Waals surface area contributed by atoms with Crippen LogP contribution in [0.1, 0.15) is 16.8 Å². The molecule has 0 unspecified atom stereocenters. The highest BCUT2D eigenvalue weighted by Crippen LogP contribution is 2.22. The number of carbonyl (C=O) groups excluding carboxylic acids is 1. The van der Waals surface area contributed by atoms with Crippen LogP contribution in [0.25, 0.3) is 0 Å². The number of benzene rings is 2. The minimum Gasteiger partial charge on any atom is -0.385 e. The summed E-state index contributed by atoms with van der Waals surface area (Å²) >= 11 is 5.62. The summed E-state index contributed by atoms with van der Waals surface area (Å²) in [5, 5.41) is 2.45. The van der Waals surface area contributed by atoms with E-state index in [4.69, 9.17) is 16.3 Å². The van der Waals surface area contributed by atoms with Crippen LogP contribution in [0.15, 0.2) is 47.4 Å². The van der Waals surface area contributed by atoms with E-state index in [1.54, 1.807) is 7.11 Å². The Morgan fingerprint density at radius 2 is 1.88 bits per heavy atom. The molecule has 2 aromatic carbocycles. The van der Waals surface area contributed by atoms with E-state index in [2.05, 4.69) is 10.0 Å². The SMILES string of the molecule is COCCCNC(=O)c1ccc(NS(=O)(=O)c2ccc(F)c(Cl)c2)cc1. The number of ether oxygens (including phenoxy) is 1. The summed E-state index contributed by atoms with van der Waals surface area (Å²) in [6, 6.07) is 9.06. The molecule has 0 aliphatic carbocycles. The Kier molecular flexibility index (Phi) is 6.96. The van der Waals surface area contributed by atoms with Gasteiger partial charge in [-0.05, 0) is 48.9 Å². The van der Waals surface area contributed by atoms with Gasteiger partial charge in [-0.25, -0.2) is 12.8 Å².